The molecule has 2 aromatic carbocycles. The van der Waals surface area contributed by atoms with Crippen molar-refractivity contribution in [3.8, 4) is 5.75 Å². The van der Waals surface area contributed by atoms with Crippen LogP contribution in [0.25, 0.3) is 0 Å². The van der Waals surface area contributed by atoms with Crippen LogP contribution in [0.4, 0.5) is 14.5 Å². The molecule has 0 heterocycles. The van der Waals surface area contributed by atoms with Crippen LogP contribution in [0.5, 0.6) is 5.75 Å². The number of ether oxygens (including phenoxy) is 2. The highest BCUT2D eigenvalue weighted by atomic mass is 32.2. The summed E-state index contributed by atoms with van der Waals surface area (Å²) >= 11 is 1.11. The van der Waals surface area contributed by atoms with E-state index in [9.17, 15) is 28.5 Å². The standard InChI is InChI=1S/C18H15F2NO6S/c1-11(17(23)12-2-6-14(7-3-12)27-18(19)20)26-16(22)10-28-15-8-4-13(5-9-15)21(24)25/h2-9,11,18H,10H2,1H3/t11-/m0/s1. The quantitative estimate of drug-likeness (QED) is 0.201. The van der Waals surface area contributed by atoms with Crippen LogP contribution in [0, 0.1) is 10.1 Å². The van der Waals surface area contributed by atoms with Gasteiger partial charge in [0.15, 0.2) is 6.10 Å². The second-order valence-electron chi connectivity index (χ2n) is 5.44. The minimum atomic E-state index is -2.96. The summed E-state index contributed by atoms with van der Waals surface area (Å²) in [5.74, 6) is -1.30. The molecular formula is C18H15F2NO6S. The lowest BCUT2D eigenvalue weighted by Crippen LogP contribution is -2.25. The second kappa shape index (κ2) is 9.79. The Hall–Kier alpha value is -3.01. The Kier molecular flexibility index (Phi) is 7.44. The Labute approximate surface area is 162 Å². The summed E-state index contributed by atoms with van der Waals surface area (Å²) in [7, 11) is 0. The molecule has 0 saturated heterocycles. The van der Waals surface area contributed by atoms with Crippen LogP contribution in [-0.4, -0.2) is 35.1 Å². The van der Waals surface area contributed by atoms with Crippen LogP contribution in [0.3, 0.4) is 0 Å². The number of nitro groups is 1. The van der Waals surface area contributed by atoms with Gasteiger partial charge in [-0.15, -0.1) is 11.8 Å². The van der Waals surface area contributed by atoms with Crippen LogP contribution < -0.4 is 4.74 Å². The summed E-state index contributed by atoms with van der Waals surface area (Å²) in [6.07, 6.45) is -1.06. The lowest BCUT2D eigenvalue weighted by Gasteiger charge is -2.12. The number of carbonyl (C=O) groups excluding carboxylic acids is 2. The number of Topliss-reactive ketones (excluding diaryl/α,β-unsaturated/α-hetero) is 1. The summed E-state index contributed by atoms with van der Waals surface area (Å²) in [5.41, 5.74) is 0.126. The molecule has 0 amide bonds. The largest absolute Gasteiger partial charge is 0.454 e. The predicted molar refractivity (Wildman–Crippen MR) is 96.8 cm³/mol. The van der Waals surface area contributed by atoms with Gasteiger partial charge in [-0.3, -0.25) is 19.7 Å². The maximum absolute atomic E-state index is 12.3. The van der Waals surface area contributed by atoms with Crippen molar-refractivity contribution in [3.05, 3.63) is 64.2 Å². The number of nitrogens with zero attached hydrogens (tertiary/aromatic N) is 1. The van der Waals surface area contributed by atoms with Gasteiger partial charge in [0, 0.05) is 22.6 Å². The van der Waals surface area contributed by atoms with Gasteiger partial charge in [-0.1, -0.05) is 0 Å². The van der Waals surface area contributed by atoms with E-state index in [1.165, 1.54) is 55.5 Å². The number of rotatable bonds is 9. The highest BCUT2D eigenvalue weighted by molar-refractivity contribution is 8.00. The van der Waals surface area contributed by atoms with Crippen molar-refractivity contribution >= 4 is 29.2 Å². The number of ketones is 1. The molecule has 1 atom stereocenters. The first-order chi connectivity index (χ1) is 13.3. The van der Waals surface area contributed by atoms with E-state index in [0.29, 0.717) is 4.90 Å². The first-order valence-electron chi connectivity index (χ1n) is 7.92. The SMILES string of the molecule is C[C@H](OC(=O)CSc1ccc([N+](=O)[O-])cc1)C(=O)c1ccc(OC(F)F)cc1. The monoisotopic (exact) mass is 411 g/mol. The van der Waals surface area contributed by atoms with Gasteiger partial charge in [0.1, 0.15) is 5.75 Å². The van der Waals surface area contributed by atoms with Gasteiger partial charge >= 0.3 is 12.6 Å². The third-order valence-electron chi connectivity index (χ3n) is 3.45. The van der Waals surface area contributed by atoms with E-state index in [0.717, 1.165) is 11.8 Å². The van der Waals surface area contributed by atoms with E-state index in [1.54, 1.807) is 0 Å². The van der Waals surface area contributed by atoms with E-state index >= 15 is 0 Å². The number of esters is 1. The second-order valence-corrected chi connectivity index (χ2v) is 6.49. The Morgan fingerprint density at radius 3 is 2.25 bits per heavy atom. The zero-order valence-corrected chi connectivity index (χ0v) is 15.4. The fourth-order valence-corrected chi connectivity index (χ4v) is 2.81. The van der Waals surface area contributed by atoms with Crippen LogP contribution in [0.2, 0.25) is 0 Å². The Morgan fingerprint density at radius 2 is 1.71 bits per heavy atom. The van der Waals surface area contributed by atoms with E-state index in [-0.39, 0.29) is 22.8 Å². The van der Waals surface area contributed by atoms with Gasteiger partial charge < -0.3 is 9.47 Å². The van der Waals surface area contributed by atoms with Crippen LogP contribution >= 0.6 is 11.8 Å². The highest BCUT2D eigenvalue weighted by Crippen LogP contribution is 2.22. The molecule has 0 aliphatic rings. The molecule has 0 unspecified atom stereocenters. The molecule has 0 spiro atoms. The first kappa shape index (κ1) is 21.3. The number of carbonyl (C=O) groups is 2. The number of hydrogen-bond acceptors (Lipinski definition) is 7. The molecule has 0 fully saturated rings. The molecular weight excluding hydrogens is 396 g/mol. The van der Waals surface area contributed by atoms with Crippen LogP contribution in [0.15, 0.2) is 53.4 Å². The number of hydrogen-bond donors (Lipinski definition) is 0. The number of nitro benzene ring substituents is 1. The third kappa shape index (κ3) is 6.31. The molecule has 10 heteroatoms. The molecule has 0 saturated carbocycles. The summed E-state index contributed by atoms with van der Waals surface area (Å²) in [6, 6.07) is 10.7. The minimum Gasteiger partial charge on any atom is -0.454 e. The molecule has 0 radical (unpaired) electrons. The van der Waals surface area contributed by atoms with Crippen molar-refractivity contribution in [2.75, 3.05) is 5.75 Å². The molecule has 0 aliphatic carbocycles. The van der Waals surface area contributed by atoms with Crippen LogP contribution in [0.1, 0.15) is 17.3 Å². The summed E-state index contributed by atoms with van der Waals surface area (Å²) < 4.78 is 33.5. The Morgan fingerprint density at radius 1 is 1.11 bits per heavy atom. The van der Waals surface area contributed by atoms with Crippen molar-refractivity contribution in [1.29, 1.82) is 0 Å². The van der Waals surface area contributed by atoms with Gasteiger partial charge in [-0.2, -0.15) is 8.78 Å². The molecule has 7 nitrogen and oxygen atoms in total. The first-order valence-corrected chi connectivity index (χ1v) is 8.90. The molecule has 0 N–H and O–H groups in total. The van der Waals surface area contributed by atoms with Gasteiger partial charge in [0.25, 0.3) is 5.69 Å². The molecule has 148 valence electrons. The predicted octanol–water partition coefficient (Wildman–Crippen LogP) is 4.10. The maximum atomic E-state index is 12.3. The smallest absolute Gasteiger partial charge is 0.387 e. The molecule has 28 heavy (non-hydrogen) atoms. The van der Waals surface area contributed by atoms with Crippen LogP contribution in [-0.2, 0) is 9.53 Å². The highest BCUT2D eigenvalue weighted by Gasteiger charge is 2.20. The van der Waals surface area contributed by atoms with Gasteiger partial charge in [0.2, 0.25) is 5.78 Å². The number of halogens is 2. The number of alkyl halides is 2. The third-order valence-corrected chi connectivity index (χ3v) is 4.43. The molecule has 0 bridgehead atoms. The molecule has 2 aromatic rings. The van der Waals surface area contributed by atoms with Crippen molar-refractivity contribution in [2.24, 2.45) is 0 Å². The van der Waals surface area contributed by atoms with E-state index in [4.69, 9.17) is 4.74 Å². The normalized spacial score (nSPS) is 11.7. The fraction of sp³-hybridized carbons (Fsp3) is 0.222. The number of thioether (sulfide) groups is 1. The summed E-state index contributed by atoms with van der Waals surface area (Å²) in [4.78, 5) is 34.9. The van der Waals surface area contributed by atoms with E-state index in [1.807, 2.05) is 0 Å². The molecule has 2 rings (SSSR count). The zero-order valence-electron chi connectivity index (χ0n) is 14.5. The average molecular weight is 411 g/mol. The van der Waals surface area contributed by atoms with E-state index in [2.05, 4.69) is 4.74 Å². The van der Waals surface area contributed by atoms with Gasteiger partial charge in [0.05, 0.1) is 10.7 Å². The minimum absolute atomic E-state index is 0.0592. The molecule has 0 aromatic heterocycles. The number of benzene rings is 2. The van der Waals surface area contributed by atoms with Crippen molar-refractivity contribution in [3.63, 3.8) is 0 Å². The summed E-state index contributed by atoms with van der Waals surface area (Å²) in [6.45, 7) is -1.56. The Balaban J connectivity index is 1.85. The Bertz CT molecular complexity index is 842. The average Bonchev–Trinajstić information content (AvgIpc) is 2.66. The zero-order chi connectivity index (χ0) is 20.7. The number of non-ortho nitro benzene ring substituents is 1. The fourth-order valence-electron chi connectivity index (χ4n) is 2.13. The van der Waals surface area contributed by atoms with Gasteiger partial charge in [-0.05, 0) is 43.3 Å². The topological polar surface area (TPSA) is 95.7 Å². The lowest BCUT2D eigenvalue weighted by atomic mass is 10.1. The van der Waals surface area contributed by atoms with E-state index < -0.39 is 29.4 Å². The van der Waals surface area contributed by atoms with Gasteiger partial charge in [-0.25, -0.2) is 0 Å². The molecule has 0 aliphatic heterocycles. The van der Waals surface area contributed by atoms with Crippen molar-refractivity contribution in [1.82, 2.24) is 0 Å². The van der Waals surface area contributed by atoms with Crippen molar-refractivity contribution < 1.29 is 32.8 Å². The lowest BCUT2D eigenvalue weighted by molar-refractivity contribution is -0.384. The summed E-state index contributed by atoms with van der Waals surface area (Å²) in [5, 5.41) is 10.6. The van der Waals surface area contributed by atoms with Crippen molar-refractivity contribution in [2.45, 2.75) is 24.5 Å². The maximum Gasteiger partial charge on any atom is 0.387 e.